The summed E-state index contributed by atoms with van der Waals surface area (Å²) in [6, 6.07) is 5.81. The molecule has 22 heavy (non-hydrogen) atoms. The van der Waals surface area contributed by atoms with Crippen LogP contribution < -0.4 is 0 Å². The Hall–Kier alpha value is -0.810. The quantitative estimate of drug-likeness (QED) is 0.843. The van der Waals surface area contributed by atoms with Crippen molar-refractivity contribution in [1.82, 2.24) is 9.80 Å². The first kappa shape index (κ1) is 17.5. The van der Waals surface area contributed by atoms with Gasteiger partial charge in [0.2, 0.25) is 0 Å². The lowest BCUT2D eigenvalue weighted by Gasteiger charge is -2.42. The van der Waals surface area contributed by atoms with E-state index in [-0.39, 0.29) is 12.4 Å². The van der Waals surface area contributed by atoms with Crippen LogP contribution in [0.1, 0.15) is 25.8 Å². The first-order valence-electron chi connectivity index (χ1n) is 8.04. The number of benzene rings is 1. The zero-order valence-corrected chi connectivity index (χ0v) is 14.3. The molecule has 0 spiro atoms. The predicted molar refractivity (Wildman–Crippen MR) is 90.3 cm³/mol. The monoisotopic (exact) mass is 326 g/mol. The highest BCUT2D eigenvalue weighted by Crippen LogP contribution is 2.25. The third kappa shape index (κ3) is 4.85. The number of hydrogen-bond acceptors (Lipinski definition) is 4. The molecule has 0 amide bonds. The molecule has 1 atom stereocenters. The summed E-state index contributed by atoms with van der Waals surface area (Å²) >= 11 is 5.98. The van der Waals surface area contributed by atoms with Gasteiger partial charge in [-0.2, -0.15) is 0 Å². The maximum absolute atomic E-state index is 9.50. The Morgan fingerprint density at radius 2 is 2.09 bits per heavy atom. The molecule has 1 unspecified atom stereocenters. The molecule has 0 aromatic heterocycles. The second kappa shape index (κ2) is 8.16. The maximum Gasteiger partial charge on any atom is 0.134 e. The van der Waals surface area contributed by atoms with E-state index in [1.165, 1.54) is 0 Å². The Kier molecular flexibility index (Phi) is 6.50. The molecule has 0 saturated carbocycles. The second-order valence-electron chi connectivity index (χ2n) is 6.58. The molecule has 1 fully saturated rings. The Balaban J connectivity index is 1.97. The van der Waals surface area contributed by atoms with Crippen LogP contribution in [0, 0.1) is 5.92 Å². The highest BCUT2D eigenvalue weighted by atomic mass is 35.5. The first-order valence-corrected chi connectivity index (χ1v) is 8.42. The average molecular weight is 327 g/mol. The van der Waals surface area contributed by atoms with Gasteiger partial charge in [-0.3, -0.25) is 9.80 Å². The van der Waals surface area contributed by atoms with Gasteiger partial charge in [0.25, 0.3) is 0 Å². The molecule has 0 aliphatic carbocycles. The minimum atomic E-state index is 0.130. The molecule has 124 valence electrons. The van der Waals surface area contributed by atoms with Crippen molar-refractivity contribution in [1.29, 1.82) is 0 Å². The molecule has 1 aromatic carbocycles. The fourth-order valence-corrected chi connectivity index (χ4v) is 3.34. The molecule has 1 aromatic rings. The standard InChI is InChI=1S/C17H27ClN2O2/c1-13(2)10-20-7-6-19(12-15(20)5-8-21)11-14-3-4-17(22)16(18)9-14/h3-4,9,13,15,21-22H,5-8,10-12H2,1-2H3. The summed E-state index contributed by atoms with van der Waals surface area (Å²) in [5.41, 5.74) is 1.11. The third-order valence-corrected chi connectivity index (χ3v) is 4.47. The van der Waals surface area contributed by atoms with Gasteiger partial charge in [-0.15, -0.1) is 0 Å². The van der Waals surface area contributed by atoms with Crippen LogP contribution in [0.5, 0.6) is 5.75 Å². The molecule has 2 rings (SSSR count). The summed E-state index contributed by atoms with van der Waals surface area (Å²) in [5.74, 6) is 0.772. The van der Waals surface area contributed by atoms with Crippen LogP contribution in [0.25, 0.3) is 0 Å². The summed E-state index contributed by atoms with van der Waals surface area (Å²) in [7, 11) is 0. The van der Waals surface area contributed by atoms with Crippen LogP contribution in [0.3, 0.4) is 0 Å². The molecule has 0 bridgehead atoms. The number of aliphatic hydroxyl groups excluding tert-OH is 1. The summed E-state index contributed by atoms with van der Waals surface area (Å²) in [4.78, 5) is 4.90. The highest BCUT2D eigenvalue weighted by Gasteiger charge is 2.26. The number of rotatable bonds is 6. The lowest BCUT2D eigenvalue weighted by molar-refractivity contribution is 0.0477. The molecule has 1 aliphatic heterocycles. The largest absolute Gasteiger partial charge is 0.506 e. The van der Waals surface area contributed by atoms with E-state index in [9.17, 15) is 10.2 Å². The molecule has 0 radical (unpaired) electrons. The summed E-state index contributed by atoms with van der Waals surface area (Å²) in [6.45, 7) is 9.65. The Morgan fingerprint density at radius 1 is 1.32 bits per heavy atom. The minimum Gasteiger partial charge on any atom is -0.506 e. The minimum absolute atomic E-state index is 0.130. The molecular formula is C17H27ClN2O2. The van der Waals surface area contributed by atoms with E-state index < -0.39 is 0 Å². The van der Waals surface area contributed by atoms with Gasteiger partial charge in [0.15, 0.2) is 0 Å². The Morgan fingerprint density at radius 3 is 2.73 bits per heavy atom. The third-order valence-electron chi connectivity index (χ3n) is 4.17. The lowest BCUT2D eigenvalue weighted by atomic mass is 10.1. The van der Waals surface area contributed by atoms with Crippen molar-refractivity contribution in [3.8, 4) is 5.75 Å². The van der Waals surface area contributed by atoms with Gasteiger partial charge in [0, 0.05) is 45.4 Å². The SMILES string of the molecule is CC(C)CN1CCN(Cc2ccc(O)c(Cl)c2)CC1CCO. The molecule has 1 saturated heterocycles. The lowest BCUT2D eigenvalue weighted by Crippen LogP contribution is -2.53. The number of aliphatic hydroxyl groups is 1. The topological polar surface area (TPSA) is 46.9 Å². The smallest absolute Gasteiger partial charge is 0.134 e. The van der Waals surface area contributed by atoms with Crippen LogP contribution in [0.15, 0.2) is 18.2 Å². The Bertz CT molecular complexity index is 482. The van der Waals surface area contributed by atoms with E-state index in [1.54, 1.807) is 6.07 Å². The summed E-state index contributed by atoms with van der Waals surface area (Å²) < 4.78 is 0. The van der Waals surface area contributed by atoms with E-state index in [0.29, 0.717) is 17.0 Å². The van der Waals surface area contributed by atoms with Crippen molar-refractivity contribution in [3.05, 3.63) is 28.8 Å². The van der Waals surface area contributed by atoms with E-state index >= 15 is 0 Å². The van der Waals surface area contributed by atoms with Gasteiger partial charge in [-0.25, -0.2) is 0 Å². The van der Waals surface area contributed by atoms with Crippen molar-refractivity contribution in [2.24, 2.45) is 5.92 Å². The molecule has 1 heterocycles. The fourth-order valence-electron chi connectivity index (χ4n) is 3.14. The molecular weight excluding hydrogens is 300 g/mol. The van der Waals surface area contributed by atoms with Crippen molar-refractivity contribution >= 4 is 11.6 Å². The summed E-state index contributed by atoms with van der Waals surface area (Å²) in [6.07, 6.45) is 0.819. The van der Waals surface area contributed by atoms with Gasteiger partial charge in [-0.05, 0) is 30.0 Å². The van der Waals surface area contributed by atoms with Crippen LogP contribution in [0.2, 0.25) is 5.02 Å². The maximum atomic E-state index is 9.50. The zero-order chi connectivity index (χ0) is 16.1. The predicted octanol–water partition coefficient (Wildman–Crippen LogP) is 2.57. The molecule has 2 N–H and O–H groups in total. The van der Waals surface area contributed by atoms with E-state index in [2.05, 4.69) is 23.6 Å². The average Bonchev–Trinajstić information content (AvgIpc) is 2.45. The van der Waals surface area contributed by atoms with E-state index in [0.717, 1.165) is 44.7 Å². The molecule has 4 nitrogen and oxygen atoms in total. The number of nitrogens with zero attached hydrogens (tertiary/aromatic N) is 2. The van der Waals surface area contributed by atoms with Crippen molar-refractivity contribution < 1.29 is 10.2 Å². The van der Waals surface area contributed by atoms with Crippen LogP contribution in [-0.2, 0) is 6.54 Å². The molecule has 5 heteroatoms. The zero-order valence-electron chi connectivity index (χ0n) is 13.5. The van der Waals surface area contributed by atoms with Gasteiger partial charge in [-0.1, -0.05) is 31.5 Å². The highest BCUT2D eigenvalue weighted by molar-refractivity contribution is 6.32. The van der Waals surface area contributed by atoms with Crippen molar-refractivity contribution in [2.75, 3.05) is 32.8 Å². The van der Waals surface area contributed by atoms with Crippen LogP contribution in [-0.4, -0.2) is 58.8 Å². The number of piperazine rings is 1. The van der Waals surface area contributed by atoms with E-state index in [1.807, 2.05) is 12.1 Å². The second-order valence-corrected chi connectivity index (χ2v) is 6.98. The molecule has 1 aliphatic rings. The van der Waals surface area contributed by atoms with Gasteiger partial charge >= 0.3 is 0 Å². The van der Waals surface area contributed by atoms with Gasteiger partial charge in [0.05, 0.1) is 5.02 Å². The van der Waals surface area contributed by atoms with Gasteiger partial charge < -0.3 is 10.2 Å². The van der Waals surface area contributed by atoms with Crippen molar-refractivity contribution in [2.45, 2.75) is 32.9 Å². The number of hydrogen-bond donors (Lipinski definition) is 2. The van der Waals surface area contributed by atoms with E-state index in [4.69, 9.17) is 11.6 Å². The number of halogens is 1. The first-order chi connectivity index (χ1) is 10.5. The fraction of sp³-hybridized carbons (Fsp3) is 0.647. The van der Waals surface area contributed by atoms with Gasteiger partial charge in [0.1, 0.15) is 5.75 Å². The van der Waals surface area contributed by atoms with Crippen LogP contribution >= 0.6 is 11.6 Å². The number of phenols is 1. The van der Waals surface area contributed by atoms with Crippen LogP contribution in [0.4, 0.5) is 0 Å². The van der Waals surface area contributed by atoms with Crippen molar-refractivity contribution in [3.63, 3.8) is 0 Å². The summed E-state index contributed by atoms with van der Waals surface area (Å²) in [5, 5.41) is 19.2. The number of aromatic hydroxyl groups is 1. The normalized spacial score (nSPS) is 20.7. The Labute approximate surface area is 138 Å². The number of phenolic OH excluding ortho intramolecular Hbond substituents is 1.